The molecule has 0 unspecified atom stereocenters. The van der Waals surface area contributed by atoms with Crippen molar-refractivity contribution in [3.8, 4) is 23.0 Å². The molecule has 122 valence electrons. The van der Waals surface area contributed by atoms with Crippen LogP contribution in [0.4, 0.5) is 0 Å². The van der Waals surface area contributed by atoms with E-state index in [4.69, 9.17) is 10.4 Å². The van der Waals surface area contributed by atoms with Crippen molar-refractivity contribution >= 4 is 12.0 Å². The molecule has 0 aliphatic heterocycles. The maximum Gasteiger partial charge on any atom is 0.346 e. The third-order valence-electron chi connectivity index (χ3n) is 3.74. The summed E-state index contributed by atoms with van der Waals surface area (Å²) in [7, 11) is 0. The van der Waals surface area contributed by atoms with E-state index in [1.165, 1.54) is 6.08 Å². The average Bonchev–Trinajstić information content (AvgIpc) is 3.04. The van der Waals surface area contributed by atoms with Crippen molar-refractivity contribution in [2.45, 2.75) is 6.92 Å². The van der Waals surface area contributed by atoms with Crippen LogP contribution in [0, 0.1) is 18.3 Å². The Labute approximate surface area is 145 Å². The zero-order valence-corrected chi connectivity index (χ0v) is 13.5. The van der Waals surface area contributed by atoms with E-state index in [1.54, 1.807) is 16.9 Å². The van der Waals surface area contributed by atoms with Gasteiger partial charge in [-0.3, -0.25) is 0 Å². The molecule has 0 saturated heterocycles. The number of carbonyl (C=O) groups is 1. The molecule has 0 atom stereocenters. The molecule has 3 aromatic rings. The predicted molar refractivity (Wildman–Crippen MR) is 95.0 cm³/mol. The number of hydrogen-bond acceptors (Lipinski definition) is 3. The van der Waals surface area contributed by atoms with E-state index in [0.717, 1.165) is 16.8 Å². The second kappa shape index (κ2) is 6.85. The minimum Gasteiger partial charge on any atom is -0.477 e. The number of carboxylic acid groups (broad SMARTS) is 1. The van der Waals surface area contributed by atoms with Crippen LogP contribution in [0.3, 0.4) is 0 Å². The number of hydrogen-bond donors (Lipinski definition) is 1. The fraction of sp³-hybridized carbons (Fsp3) is 0.0500. The summed E-state index contributed by atoms with van der Waals surface area (Å²) in [5, 5.41) is 22.8. The topological polar surface area (TPSA) is 78.9 Å². The first kappa shape index (κ1) is 16.2. The normalized spacial score (nSPS) is 11.1. The molecule has 0 bridgehead atoms. The third-order valence-corrected chi connectivity index (χ3v) is 3.74. The summed E-state index contributed by atoms with van der Waals surface area (Å²) in [5.74, 6) is -1.26. The van der Waals surface area contributed by atoms with Crippen LogP contribution < -0.4 is 0 Å². The molecule has 3 rings (SSSR count). The molecule has 25 heavy (non-hydrogen) atoms. The van der Waals surface area contributed by atoms with Crippen molar-refractivity contribution in [1.82, 2.24) is 9.78 Å². The molecule has 2 aromatic carbocycles. The van der Waals surface area contributed by atoms with Crippen LogP contribution in [-0.2, 0) is 4.79 Å². The van der Waals surface area contributed by atoms with Gasteiger partial charge in [0.1, 0.15) is 11.6 Å². The zero-order valence-electron chi connectivity index (χ0n) is 13.5. The zero-order chi connectivity index (χ0) is 17.8. The molecule has 0 fully saturated rings. The van der Waals surface area contributed by atoms with Gasteiger partial charge in [-0.05, 0) is 25.1 Å². The summed E-state index contributed by atoms with van der Waals surface area (Å²) in [5.41, 5.74) is 3.69. The van der Waals surface area contributed by atoms with Gasteiger partial charge >= 0.3 is 5.97 Å². The van der Waals surface area contributed by atoms with Crippen molar-refractivity contribution in [3.63, 3.8) is 0 Å². The quantitative estimate of drug-likeness (QED) is 0.582. The minimum absolute atomic E-state index is 0.332. The largest absolute Gasteiger partial charge is 0.477 e. The lowest BCUT2D eigenvalue weighted by atomic mass is 10.0. The molecule has 0 saturated carbocycles. The highest BCUT2D eigenvalue weighted by atomic mass is 16.4. The fourth-order valence-corrected chi connectivity index (χ4v) is 2.44. The molecule has 1 heterocycles. The molecule has 0 aliphatic rings. The van der Waals surface area contributed by atoms with E-state index in [1.807, 2.05) is 61.5 Å². The van der Waals surface area contributed by atoms with E-state index in [0.29, 0.717) is 11.3 Å². The van der Waals surface area contributed by atoms with Gasteiger partial charge in [0.05, 0.1) is 11.4 Å². The maximum absolute atomic E-state index is 11.2. The lowest BCUT2D eigenvalue weighted by molar-refractivity contribution is -0.132. The first-order chi connectivity index (χ1) is 12.1. The van der Waals surface area contributed by atoms with Crippen molar-refractivity contribution in [3.05, 3.63) is 77.5 Å². The minimum atomic E-state index is -1.26. The Morgan fingerprint density at radius 3 is 2.44 bits per heavy atom. The highest BCUT2D eigenvalue weighted by Crippen LogP contribution is 2.26. The maximum atomic E-state index is 11.2. The summed E-state index contributed by atoms with van der Waals surface area (Å²) in [6.07, 6.45) is 3.08. The number of nitrogens with zero attached hydrogens (tertiary/aromatic N) is 3. The van der Waals surface area contributed by atoms with Crippen LogP contribution in [0.2, 0.25) is 0 Å². The van der Waals surface area contributed by atoms with Crippen LogP contribution in [0.15, 0.2) is 66.4 Å². The molecular formula is C20H15N3O2. The summed E-state index contributed by atoms with van der Waals surface area (Å²) >= 11 is 0. The van der Waals surface area contributed by atoms with Gasteiger partial charge in [-0.2, -0.15) is 10.4 Å². The molecule has 0 aliphatic carbocycles. The lowest BCUT2D eigenvalue weighted by Gasteiger charge is -2.01. The first-order valence-electron chi connectivity index (χ1n) is 7.65. The van der Waals surface area contributed by atoms with Crippen LogP contribution in [0.25, 0.3) is 23.0 Å². The van der Waals surface area contributed by atoms with Crippen LogP contribution in [-0.4, -0.2) is 20.9 Å². The van der Waals surface area contributed by atoms with Crippen LogP contribution in [0.1, 0.15) is 11.1 Å². The third kappa shape index (κ3) is 3.48. The van der Waals surface area contributed by atoms with E-state index < -0.39 is 5.97 Å². The van der Waals surface area contributed by atoms with Gasteiger partial charge < -0.3 is 5.11 Å². The SMILES string of the molecule is Cc1ccc(-c2nn(-c3ccccc3)cc2C=C(C#N)C(=O)O)cc1. The van der Waals surface area contributed by atoms with Crippen LogP contribution >= 0.6 is 0 Å². The molecular weight excluding hydrogens is 314 g/mol. The highest BCUT2D eigenvalue weighted by Gasteiger charge is 2.14. The van der Waals surface area contributed by atoms with Crippen molar-refractivity contribution in [2.75, 3.05) is 0 Å². The summed E-state index contributed by atoms with van der Waals surface area (Å²) < 4.78 is 1.68. The number of aromatic nitrogens is 2. The Morgan fingerprint density at radius 2 is 1.84 bits per heavy atom. The number of nitriles is 1. The Balaban J connectivity index is 2.18. The lowest BCUT2D eigenvalue weighted by Crippen LogP contribution is -1.97. The van der Waals surface area contributed by atoms with E-state index >= 15 is 0 Å². The molecule has 5 nitrogen and oxygen atoms in total. The monoisotopic (exact) mass is 329 g/mol. The van der Waals surface area contributed by atoms with E-state index in [2.05, 4.69) is 5.10 Å². The second-order valence-electron chi connectivity index (χ2n) is 5.55. The van der Waals surface area contributed by atoms with Crippen LogP contribution in [0.5, 0.6) is 0 Å². The molecule has 0 amide bonds. The number of carboxylic acids is 1. The number of aliphatic carboxylic acids is 1. The van der Waals surface area contributed by atoms with Gasteiger partial charge in [-0.25, -0.2) is 9.48 Å². The van der Waals surface area contributed by atoms with Gasteiger partial charge in [0.2, 0.25) is 0 Å². The van der Waals surface area contributed by atoms with Gasteiger partial charge in [0, 0.05) is 17.3 Å². The number of benzene rings is 2. The number of aryl methyl sites for hydroxylation is 1. The Bertz CT molecular complexity index is 978. The molecule has 1 N–H and O–H groups in total. The number of para-hydroxylation sites is 1. The van der Waals surface area contributed by atoms with E-state index in [-0.39, 0.29) is 5.57 Å². The standard InChI is InChI=1S/C20H15N3O2/c1-14-7-9-15(10-8-14)19-17(11-16(12-21)20(24)25)13-23(22-19)18-5-3-2-4-6-18/h2-11,13H,1H3,(H,24,25). The highest BCUT2D eigenvalue weighted by molar-refractivity contribution is 5.97. The summed E-state index contributed by atoms with van der Waals surface area (Å²) in [4.78, 5) is 11.2. The Hall–Kier alpha value is -3.65. The summed E-state index contributed by atoms with van der Waals surface area (Å²) in [6.45, 7) is 1.99. The van der Waals surface area contributed by atoms with Gasteiger partial charge in [0.15, 0.2) is 0 Å². The van der Waals surface area contributed by atoms with E-state index in [9.17, 15) is 4.79 Å². The second-order valence-corrected chi connectivity index (χ2v) is 5.55. The van der Waals surface area contributed by atoms with Gasteiger partial charge in [-0.1, -0.05) is 48.0 Å². The molecule has 0 radical (unpaired) electrons. The summed E-state index contributed by atoms with van der Waals surface area (Å²) in [6, 6.07) is 19.0. The molecule has 5 heteroatoms. The smallest absolute Gasteiger partial charge is 0.346 e. The Kier molecular flexibility index (Phi) is 4.44. The molecule has 1 aromatic heterocycles. The Morgan fingerprint density at radius 1 is 1.16 bits per heavy atom. The van der Waals surface area contributed by atoms with Crippen molar-refractivity contribution in [1.29, 1.82) is 5.26 Å². The fourth-order valence-electron chi connectivity index (χ4n) is 2.44. The average molecular weight is 329 g/mol. The molecule has 0 spiro atoms. The van der Waals surface area contributed by atoms with Crippen molar-refractivity contribution < 1.29 is 9.90 Å². The first-order valence-corrected chi connectivity index (χ1v) is 7.65. The predicted octanol–water partition coefficient (Wildman–Crippen LogP) is 3.84. The van der Waals surface area contributed by atoms with Crippen molar-refractivity contribution in [2.24, 2.45) is 0 Å². The van der Waals surface area contributed by atoms with Gasteiger partial charge in [-0.15, -0.1) is 0 Å². The number of rotatable bonds is 4. The van der Waals surface area contributed by atoms with Gasteiger partial charge in [0.25, 0.3) is 0 Å².